The number of ketones is 1. The molecule has 2 aliphatic heterocycles. The van der Waals surface area contributed by atoms with Crippen molar-refractivity contribution in [1.82, 2.24) is 4.31 Å². The number of aryl methyl sites for hydroxylation is 2. The number of sulfonamides is 1. The molecule has 3 rings (SSSR count). The smallest absolute Gasteiger partial charge is 0.211 e. The van der Waals surface area contributed by atoms with Crippen molar-refractivity contribution in [3.05, 3.63) is 28.8 Å². The molecule has 1 aromatic rings. The normalized spacial score (nSPS) is 21.5. The fourth-order valence-electron chi connectivity index (χ4n) is 3.25. The minimum atomic E-state index is -3.17. The van der Waals surface area contributed by atoms with Crippen LogP contribution in [0.3, 0.4) is 0 Å². The van der Waals surface area contributed by atoms with Gasteiger partial charge in [0.15, 0.2) is 5.78 Å². The van der Waals surface area contributed by atoms with Gasteiger partial charge >= 0.3 is 0 Å². The van der Waals surface area contributed by atoms with Crippen LogP contribution in [-0.2, 0) is 10.0 Å². The van der Waals surface area contributed by atoms with Crippen LogP contribution < -0.4 is 4.74 Å². The van der Waals surface area contributed by atoms with Crippen LogP contribution in [0, 0.1) is 13.8 Å². The molecule has 1 spiro atoms. The number of fused-ring (bicyclic) bond motifs is 1. The van der Waals surface area contributed by atoms with Gasteiger partial charge in [-0.1, -0.05) is 0 Å². The topological polar surface area (TPSA) is 63.7 Å². The Hall–Kier alpha value is -1.40. The molecule has 0 radical (unpaired) electrons. The summed E-state index contributed by atoms with van der Waals surface area (Å²) in [5.74, 6) is 0.740. The number of ether oxygens (including phenoxy) is 1. The van der Waals surface area contributed by atoms with Crippen LogP contribution >= 0.6 is 0 Å². The molecule has 22 heavy (non-hydrogen) atoms. The summed E-state index contributed by atoms with van der Waals surface area (Å²) in [6, 6.07) is 3.82. The fourth-order valence-corrected chi connectivity index (χ4v) is 4.10. The number of benzene rings is 1. The Morgan fingerprint density at radius 2 is 1.73 bits per heavy atom. The van der Waals surface area contributed by atoms with E-state index in [9.17, 15) is 13.2 Å². The van der Waals surface area contributed by atoms with E-state index >= 15 is 0 Å². The van der Waals surface area contributed by atoms with Gasteiger partial charge in [0.1, 0.15) is 11.4 Å². The van der Waals surface area contributed by atoms with Crippen molar-refractivity contribution in [3.8, 4) is 5.75 Å². The van der Waals surface area contributed by atoms with Crippen molar-refractivity contribution in [2.45, 2.75) is 38.7 Å². The lowest BCUT2D eigenvalue weighted by atomic mass is 9.82. The van der Waals surface area contributed by atoms with E-state index in [1.54, 1.807) is 0 Å². The fraction of sp³-hybridized carbons (Fsp3) is 0.562. The van der Waals surface area contributed by atoms with Gasteiger partial charge in [0, 0.05) is 25.9 Å². The summed E-state index contributed by atoms with van der Waals surface area (Å²) in [4.78, 5) is 12.5. The zero-order chi connectivity index (χ0) is 16.1. The highest BCUT2D eigenvalue weighted by Crippen LogP contribution is 2.40. The van der Waals surface area contributed by atoms with Gasteiger partial charge in [-0.3, -0.25) is 4.79 Å². The molecule has 0 aromatic heterocycles. The second-order valence-corrected chi connectivity index (χ2v) is 8.46. The molecule has 2 aliphatic rings. The molecular weight excluding hydrogens is 302 g/mol. The van der Waals surface area contributed by atoms with Crippen molar-refractivity contribution in [2.75, 3.05) is 19.3 Å². The van der Waals surface area contributed by atoms with E-state index in [0.29, 0.717) is 43.7 Å². The van der Waals surface area contributed by atoms with Crippen LogP contribution in [0.5, 0.6) is 5.75 Å². The van der Waals surface area contributed by atoms with E-state index in [-0.39, 0.29) is 5.78 Å². The predicted molar refractivity (Wildman–Crippen MR) is 83.9 cm³/mol. The minimum absolute atomic E-state index is 0.0946. The van der Waals surface area contributed by atoms with Crippen molar-refractivity contribution in [2.24, 2.45) is 0 Å². The Kier molecular flexibility index (Phi) is 3.57. The second kappa shape index (κ2) is 5.06. The minimum Gasteiger partial charge on any atom is -0.486 e. The molecular formula is C16H21NO4S. The van der Waals surface area contributed by atoms with Crippen molar-refractivity contribution in [1.29, 1.82) is 0 Å². The van der Waals surface area contributed by atoms with Crippen molar-refractivity contribution in [3.63, 3.8) is 0 Å². The Morgan fingerprint density at radius 3 is 2.32 bits per heavy atom. The molecule has 0 atom stereocenters. The number of piperidine rings is 1. The first-order chi connectivity index (χ1) is 10.2. The summed E-state index contributed by atoms with van der Waals surface area (Å²) in [7, 11) is -3.17. The van der Waals surface area contributed by atoms with Crippen LogP contribution in [0.1, 0.15) is 40.7 Å². The lowest BCUT2D eigenvalue weighted by molar-refractivity contribution is 0.00596. The summed E-state index contributed by atoms with van der Waals surface area (Å²) in [6.45, 7) is 4.80. The third-order valence-electron chi connectivity index (χ3n) is 4.81. The van der Waals surface area contributed by atoms with Crippen LogP contribution in [0.15, 0.2) is 12.1 Å². The van der Waals surface area contributed by atoms with Gasteiger partial charge in [-0.05, 0) is 37.1 Å². The molecule has 0 unspecified atom stereocenters. The first-order valence-electron chi connectivity index (χ1n) is 7.49. The van der Waals surface area contributed by atoms with Gasteiger partial charge in [-0.2, -0.15) is 0 Å². The lowest BCUT2D eigenvalue weighted by Gasteiger charge is -2.43. The number of hydrogen-bond acceptors (Lipinski definition) is 4. The summed E-state index contributed by atoms with van der Waals surface area (Å²) in [5, 5.41) is 0. The predicted octanol–water partition coefficient (Wildman–Crippen LogP) is 2.06. The molecule has 2 heterocycles. The van der Waals surface area contributed by atoms with E-state index in [1.807, 2.05) is 26.0 Å². The van der Waals surface area contributed by atoms with Gasteiger partial charge in [0.05, 0.1) is 18.2 Å². The van der Waals surface area contributed by atoms with Gasteiger partial charge in [0.2, 0.25) is 10.0 Å². The highest BCUT2D eigenvalue weighted by atomic mass is 32.2. The number of nitrogens with zero attached hydrogens (tertiary/aromatic N) is 1. The molecule has 6 heteroatoms. The van der Waals surface area contributed by atoms with E-state index in [4.69, 9.17) is 4.74 Å². The molecule has 0 N–H and O–H groups in total. The molecule has 0 saturated carbocycles. The Balaban J connectivity index is 1.87. The maximum absolute atomic E-state index is 12.5. The zero-order valence-corrected chi connectivity index (χ0v) is 14.0. The third kappa shape index (κ3) is 2.65. The van der Waals surface area contributed by atoms with Crippen molar-refractivity contribution >= 4 is 15.8 Å². The molecule has 0 bridgehead atoms. The molecule has 1 fully saturated rings. The first-order valence-corrected chi connectivity index (χ1v) is 9.34. The van der Waals surface area contributed by atoms with E-state index in [2.05, 4.69) is 0 Å². The van der Waals surface area contributed by atoms with Gasteiger partial charge < -0.3 is 4.74 Å². The number of Topliss-reactive ketones (excluding diaryl/α,β-unsaturated/α-hetero) is 1. The van der Waals surface area contributed by atoms with Gasteiger partial charge in [0.25, 0.3) is 0 Å². The summed E-state index contributed by atoms with van der Waals surface area (Å²) < 4.78 is 30.9. The second-order valence-electron chi connectivity index (χ2n) is 6.48. The number of hydrogen-bond donors (Lipinski definition) is 0. The molecule has 120 valence electrons. The van der Waals surface area contributed by atoms with Crippen molar-refractivity contribution < 1.29 is 17.9 Å². The number of carbonyl (C=O) groups excluding carboxylic acids is 1. The third-order valence-corrected chi connectivity index (χ3v) is 6.11. The van der Waals surface area contributed by atoms with Gasteiger partial charge in [-0.15, -0.1) is 0 Å². The summed E-state index contributed by atoms with van der Waals surface area (Å²) in [6.07, 6.45) is 2.66. The van der Waals surface area contributed by atoms with E-state index in [0.717, 1.165) is 11.1 Å². The number of carbonyl (C=O) groups is 1. The standard InChI is InChI=1S/C16H21NO4S/c1-11-8-13-14(18)10-16(21-15(13)9-12(11)2)4-6-17(7-5-16)22(3,19)20/h8-9H,4-7,10H2,1-3H3. The summed E-state index contributed by atoms with van der Waals surface area (Å²) >= 11 is 0. The Morgan fingerprint density at radius 1 is 1.14 bits per heavy atom. The average Bonchev–Trinajstić information content (AvgIpc) is 2.41. The largest absolute Gasteiger partial charge is 0.486 e. The molecule has 1 aromatic carbocycles. The Bertz CT molecular complexity index is 731. The van der Waals surface area contributed by atoms with Crippen LogP contribution in [0.25, 0.3) is 0 Å². The molecule has 0 amide bonds. The van der Waals surface area contributed by atoms with Crippen LogP contribution in [-0.4, -0.2) is 43.5 Å². The molecule has 5 nitrogen and oxygen atoms in total. The maximum atomic E-state index is 12.5. The van der Waals surface area contributed by atoms with E-state index < -0.39 is 15.6 Å². The lowest BCUT2D eigenvalue weighted by Crippen LogP contribution is -2.52. The quantitative estimate of drug-likeness (QED) is 0.793. The molecule has 1 saturated heterocycles. The van der Waals surface area contributed by atoms with Crippen LogP contribution in [0.2, 0.25) is 0 Å². The monoisotopic (exact) mass is 323 g/mol. The SMILES string of the molecule is Cc1cc2c(cc1C)C(=O)CC1(CCN(S(C)(=O)=O)CC1)O2. The van der Waals surface area contributed by atoms with E-state index in [1.165, 1.54) is 10.6 Å². The first kappa shape index (κ1) is 15.5. The highest BCUT2D eigenvalue weighted by Gasteiger charge is 2.44. The maximum Gasteiger partial charge on any atom is 0.211 e. The highest BCUT2D eigenvalue weighted by molar-refractivity contribution is 7.88. The Labute approximate surface area is 131 Å². The number of rotatable bonds is 1. The zero-order valence-electron chi connectivity index (χ0n) is 13.2. The van der Waals surface area contributed by atoms with Crippen LogP contribution in [0.4, 0.5) is 0 Å². The molecule has 0 aliphatic carbocycles. The average molecular weight is 323 g/mol. The van der Waals surface area contributed by atoms with Gasteiger partial charge in [-0.25, -0.2) is 12.7 Å². The summed E-state index contributed by atoms with van der Waals surface area (Å²) in [5.41, 5.74) is 2.28.